The molecule has 9 nitrogen and oxygen atoms in total. The molecule has 0 bridgehead atoms. The standard InChI is InChI=1S/C21H21N3O6/c1-12-7-15(17(25)10-28-21(27)16-4-6-20(26)23-22-16)13(2)24(12)9-14-3-5-18-19(8-14)30-11-29-18/h3,5,7-8H,4,6,9-11H2,1-2H3,(H,23,26). The fourth-order valence-corrected chi connectivity index (χ4v) is 3.46. The van der Waals surface area contributed by atoms with E-state index in [1.165, 1.54) is 0 Å². The van der Waals surface area contributed by atoms with Crippen LogP contribution < -0.4 is 14.9 Å². The highest BCUT2D eigenvalue weighted by atomic mass is 16.7. The number of Topliss-reactive ketones (excluding diaryl/α,β-unsaturated/α-hetero) is 1. The molecule has 156 valence electrons. The van der Waals surface area contributed by atoms with E-state index >= 15 is 0 Å². The number of aryl methyl sites for hydroxylation is 1. The van der Waals surface area contributed by atoms with Gasteiger partial charge in [0.15, 0.2) is 18.1 Å². The molecule has 0 fully saturated rings. The Balaban J connectivity index is 1.43. The molecule has 30 heavy (non-hydrogen) atoms. The molecule has 2 aliphatic rings. The first-order chi connectivity index (χ1) is 14.4. The van der Waals surface area contributed by atoms with Gasteiger partial charge < -0.3 is 18.8 Å². The topological polar surface area (TPSA) is 108 Å². The quantitative estimate of drug-likeness (QED) is 0.574. The van der Waals surface area contributed by atoms with Crippen LogP contribution in [-0.2, 0) is 20.9 Å². The van der Waals surface area contributed by atoms with Crippen LogP contribution in [0.1, 0.15) is 40.2 Å². The number of carbonyl (C=O) groups is 3. The van der Waals surface area contributed by atoms with E-state index in [1.54, 1.807) is 6.07 Å². The minimum absolute atomic E-state index is 0.107. The first kappa shape index (κ1) is 19.7. The summed E-state index contributed by atoms with van der Waals surface area (Å²) in [6.45, 7) is 4.17. The molecule has 1 aromatic carbocycles. The van der Waals surface area contributed by atoms with Gasteiger partial charge in [0.05, 0.1) is 0 Å². The van der Waals surface area contributed by atoms with Crippen LogP contribution >= 0.6 is 0 Å². The molecule has 0 saturated carbocycles. The van der Waals surface area contributed by atoms with Crippen LogP contribution in [-0.4, -0.2) is 41.3 Å². The van der Waals surface area contributed by atoms with Crippen molar-refractivity contribution in [3.8, 4) is 11.5 Å². The van der Waals surface area contributed by atoms with Crippen molar-refractivity contribution in [1.82, 2.24) is 9.99 Å². The summed E-state index contributed by atoms with van der Waals surface area (Å²) < 4.78 is 17.9. The lowest BCUT2D eigenvalue weighted by atomic mass is 10.1. The van der Waals surface area contributed by atoms with Crippen molar-refractivity contribution in [2.24, 2.45) is 5.10 Å². The molecule has 0 unspecified atom stereocenters. The summed E-state index contributed by atoms with van der Waals surface area (Å²) in [5.41, 5.74) is 5.56. The molecule has 9 heteroatoms. The molecule has 0 saturated heterocycles. The van der Waals surface area contributed by atoms with Gasteiger partial charge in [-0.1, -0.05) is 6.07 Å². The van der Waals surface area contributed by atoms with Crippen molar-refractivity contribution in [1.29, 1.82) is 0 Å². The normalized spacial score (nSPS) is 14.9. The van der Waals surface area contributed by atoms with Crippen molar-refractivity contribution in [2.75, 3.05) is 13.4 Å². The van der Waals surface area contributed by atoms with Crippen molar-refractivity contribution >= 4 is 23.4 Å². The zero-order chi connectivity index (χ0) is 21.3. The Morgan fingerprint density at radius 2 is 1.97 bits per heavy atom. The van der Waals surface area contributed by atoms with E-state index in [4.69, 9.17) is 14.2 Å². The maximum atomic E-state index is 12.6. The molecular formula is C21H21N3O6. The highest BCUT2D eigenvalue weighted by molar-refractivity contribution is 6.37. The number of nitrogens with one attached hydrogen (secondary N) is 1. The van der Waals surface area contributed by atoms with Crippen LogP contribution in [0.15, 0.2) is 29.4 Å². The van der Waals surface area contributed by atoms with E-state index in [9.17, 15) is 14.4 Å². The molecule has 0 radical (unpaired) electrons. The number of ether oxygens (including phenoxy) is 3. The average molecular weight is 411 g/mol. The number of rotatable bonds is 6. The highest BCUT2D eigenvalue weighted by Crippen LogP contribution is 2.33. The first-order valence-corrected chi connectivity index (χ1v) is 9.53. The fourth-order valence-electron chi connectivity index (χ4n) is 3.46. The second-order valence-corrected chi connectivity index (χ2v) is 7.15. The number of fused-ring (bicyclic) bond motifs is 1. The van der Waals surface area contributed by atoms with Crippen molar-refractivity contribution in [2.45, 2.75) is 33.2 Å². The van der Waals surface area contributed by atoms with Crippen molar-refractivity contribution < 1.29 is 28.6 Å². The largest absolute Gasteiger partial charge is 0.454 e. The van der Waals surface area contributed by atoms with Gasteiger partial charge in [-0.2, -0.15) is 5.10 Å². The Morgan fingerprint density at radius 1 is 1.17 bits per heavy atom. The molecule has 1 N–H and O–H groups in total. The zero-order valence-electron chi connectivity index (χ0n) is 16.7. The van der Waals surface area contributed by atoms with E-state index in [1.807, 2.05) is 36.6 Å². The Hall–Kier alpha value is -3.62. The third kappa shape index (κ3) is 3.91. The number of esters is 1. The molecule has 2 aliphatic heterocycles. The Labute approximate surface area is 172 Å². The monoisotopic (exact) mass is 411 g/mol. The summed E-state index contributed by atoms with van der Waals surface area (Å²) in [6.07, 6.45) is 0.367. The van der Waals surface area contributed by atoms with Gasteiger partial charge in [-0.05, 0) is 37.6 Å². The summed E-state index contributed by atoms with van der Waals surface area (Å²) >= 11 is 0. The van der Waals surface area contributed by atoms with Gasteiger partial charge in [0.1, 0.15) is 5.71 Å². The van der Waals surface area contributed by atoms with E-state index in [0.717, 1.165) is 22.7 Å². The first-order valence-electron chi connectivity index (χ1n) is 9.53. The van der Waals surface area contributed by atoms with Crippen molar-refractivity contribution in [3.63, 3.8) is 0 Å². The number of ketones is 1. The fraction of sp³-hybridized carbons (Fsp3) is 0.333. The molecule has 0 atom stereocenters. The molecule has 1 amide bonds. The number of hydrazone groups is 1. The van der Waals surface area contributed by atoms with Crippen molar-refractivity contribution in [3.05, 3.63) is 46.8 Å². The molecule has 0 spiro atoms. The predicted molar refractivity (Wildman–Crippen MR) is 106 cm³/mol. The van der Waals surface area contributed by atoms with E-state index in [-0.39, 0.29) is 43.6 Å². The molecule has 4 rings (SSSR count). The van der Waals surface area contributed by atoms with Crippen LogP contribution in [0.5, 0.6) is 11.5 Å². The second kappa shape index (κ2) is 8.02. The maximum Gasteiger partial charge on any atom is 0.354 e. The Kier molecular flexibility index (Phi) is 5.26. The van der Waals surface area contributed by atoms with Gasteiger partial charge in [0.2, 0.25) is 18.5 Å². The summed E-state index contributed by atoms with van der Waals surface area (Å²) in [7, 11) is 0. The SMILES string of the molecule is Cc1cc(C(=O)COC(=O)C2=NNC(=O)CC2)c(C)n1Cc1ccc2c(c1)OCO2. The minimum atomic E-state index is -0.697. The smallest absolute Gasteiger partial charge is 0.354 e. The molecular weight excluding hydrogens is 390 g/mol. The number of carbonyl (C=O) groups excluding carboxylic acids is 3. The molecule has 3 heterocycles. The maximum absolute atomic E-state index is 12.6. The second-order valence-electron chi connectivity index (χ2n) is 7.15. The predicted octanol–water partition coefficient (Wildman–Crippen LogP) is 1.87. The molecule has 0 aliphatic carbocycles. The zero-order valence-corrected chi connectivity index (χ0v) is 16.7. The number of benzene rings is 1. The van der Waals surface area contributed by atoms with Crippen LogP contribution in [0.3, 0.4) is 0 Å². The number of hydrogen-bond donors (Lipinski definition) is 1. The van der Waals surface area contributed by atoms with Crippen LogP contribution in [0.4, 0.5) is 0 Å². The highest BCUT2D eigenvalue weighted by Gasteiger charge is 2.22. The van der Waals surface area contributed by atoms with Gasteiger partial charge in [-0.25, -0.2) is 10.2 Å². The lowest BCUT2D eigenvalue weighted by Crippen LogP contribution is -2.31. The minimum Gasteiger partial charge on any atom is -0.454 e. The van der Waals surface area contributed by atoms with E-state index in [0.29, 0.717) is 17.9 Å². The number of hydrogen-bond acceptors (Lipinski definition) is 7. The van der Waals surface area contributed by atoms with Crippen LogP contribution in [0.25, 0.3) is 0 Å². The summed E-state index contributed by atoms with van der Waals surface area (Å²) in [5.74, 6) is 0.184. The van der Waals surface area contributed by atoms with Gasteiger partial charge in [-0.15, -0.1) is 0 Å². The van der Waals surface area contributed by atoms with E-state index in [2.05, 4.69) is 10.5 Å². The summed E-state index contributed by atoms with van der Waals surface area (Å²) in [4.78, 5) is 35.8. The van der Waals surface area contributed by atoms with Gasteiger partial charge in [0.25, 0.3) is 0 Å². The molecule has 1 aromatic heterocycles. The van der Waals surface area contributed by atoms with Gasteiger partial charge in [-0.3, -0.25) is 9.59 Å². The average Bonchev–Trinajstić information content (AvgIpc) is 3.31. The third-order valence-corrected chi connectivity index (χ3v) is 5.13. The van der Waals surface area contributed by atoms with Gasteiger partial charge >= 0.3 is 5.97 Å². The lowest BCUT2D eigenvalue weighted by molar-refractivity contribution is -0.134. The summed E-state index contributed by atoms with van der Waals surface area (Å²) in [6, 6.07) is 7.54. The number of nitrogens with zero attached hydrogens (tertiary/aromatic N) is 2. The van der Waals surface area contributed by atoms with E-state index < -0.39 is 5.97 Å². The van der Waals surface area contributed by atoms with Crippen LogP contribution in [0.2, 0.25) is 0 Å². The van der Waals surface area contributed by atoms with Gasteiger partial charge in [0, 0.05) is 36.3 Å². The summed E-state index contributed by atoms with van der Waals surface area (Å²) in [5, 5.41) is 3.68. The third-order valence-electron chi connectivity index (χ3n) is 5.13. The Morgan fingerprint density at radius 3 is 2.73 bits per heavy atom. The lowest BCUT2D eigenvalue weighted by Gasteiger charge is -2.12. The molecule has 2 aromatic rings. The van der Waals surface area contributed by atoms with Crippen LogP contribution in [0, 0.1) is 13.8 Å². The number of aromatic nitrogens is 1. The Bertz CT molecular complexity index is 1070. The number of amides is 1.